The maximum Gasteiger partial charge on any atom is 0.307 e. The topological polar surface area (TPSA) is 86.7 Å². The monoisotopic (exact) mass is 276 g/mol. The van der Waals surface area contributed by atoms with Gasteiger partial charge in [0, 0.05) is 13.6 Å². The highest BCUT2D eigenvalue weighted by molar-refractivity contribution is 6.05. The van der Waals surface area contributed by atoms with Gasteiger partial charge in [-0.2, -0.15) is 0 Å². The van der Waals surface area contributed by atoms with E-state index >= 15 is 0 Å². The number of amides is 2. The Morgan fingerprint density at radius 1 is 1.35 bits per heavy atom. The molecule has 0 saturated carbocycles. The second kappa shape index (κ2) is 5.83. The molecule has 0 radical (unpaired) electrons. The number of benzene rings is 1. The number of nitrogens with one attached hydrogen (secondary N) is 1. The van der Waals surface area contributed by atoms with Crippen LogP contribution in [0.2, 0.25) is 0 Å². The molecule has 2 rings (SSSR count). The first kappa shape index (κ1) is 14.2. The first-order valence-corrected chi connectivity index (χ1v) is 6.31. The SMILES string of the molecule is CN1C(=O)CC(NCc2ccccc2CC(=O)O)C1=O. The molecule has 0 aliphatic carbocycles. The van der Waals surface area contributed by atoms with Crippen molar-refractivity contribution in [3.05, 3.63) is 35.4 Å². The van der Waals surface area contributed by atoms with Gasteiger partial charge >= 0.3 is 5.97 Å². The van der Waals surface area contributed by atoms with Crippen LogP contribution in [0.4, 0.5) is 0 Å². The molecule has 1 aromatic rings. The van der Waals surface area contributed by atoms with Gasteiger partial charge in [0.25, 0.3) is 0 Å². The van der Waals surface area contributed by atoms with Gasteiger partial charge in [-0.15, -0.1) is 0 Å². The van der Waals surface area contributed by atoms with E-state index in [1.54, 1.807) is 12.1 Å². The highest BCUT2D eigenvalue weighted by atomic mass is 16.4. The molecule has 2 amide bonds. The van der Waals surface area contributed by atoms with Gasteiger partial charge in [0.2, 0.25) is 11.8 Å². The van der Waals surface area contributed by atoms with Crippen molar-refractivity contribution in [3.8, 4) is 0 Å². The third-order valence-electron chi connectivity index (χ3n) is 3.38. The van der Waals surface area contributed by atoms with E-state index in [4.69, 9.17) is 5.11 Å². The molecule has 1 fully saturated rings. The van der Waals surface area contributed by atoms with Gasteiger partial charge in [-0.25, -0.2) is 0 Å². The second-order valence-corrected chi connectivity index (χ2v) is 4.77. The fourth-order valence-electron chi connectivity index (χ4n) is 2.21. The maximum absolute atomic E-state index is 11.7. The number of imide groups is 1. The number of carbonyl (C=O) groups excluding carboxylic acids is 2. The summed E-state index contributed by atoms with van der Waals surface area (Å²) in [4.78, 5) is 35.1. The number of hydrogen-bond acceptors (Lipinski definition) is 4. The van der Waals surface area contributed by atoms with Crippen LogP contribution in [0.1, 0.15) is 17.5 Å². The average molecular weight is 276 g/mol. The van der Waals surface area contributed by atoms with Gasteiger partial charge in [-0.3, -0.25) is 19.3 Å². The molecule has 1 aromatic carbocycles. The van der Waals surface area contributed by atoms with E-state index in [0.717, 1.165) is 10.5 Å². The molecule has 0 aromatic heterocycles. The van der Waals surface area contributed by atoms with Crippen LogP contribution in [0.25, 0.3) is 0 Å². The summed E-state index contributed by atoms with van der Waals surface area (Å²) in [5, 5.41) is 11.9. The summed E-state index contributed by atoms with van der Waals surface area (Å²) < 4.78 is 0. The predicted octanol–water partition coefficient (Wildman–Crippen LogP) is 0.161. The average Bonchev–Trinajstić information content (AvgIpc) is 2.65. The van der Waals surface area contributed by atoms with Crippen molar-refractivity contribution in [2.24, 2.45) is 0 Å². The van der Waals surface area contributed by atoms with Gasteiger partial charge < -0.3 is 10.4 Å². The molecule has 1 unspecified atom stereocenters. The molecule has 6 heteroatoms. The molecule has 2 N–H and O–H groups in total. The molecule has 20 heavy (non-hydrogen) atoms. The Balaban J connectivity index is 2.03. The lowest BCUT2D eigenvalue weighted by atomic mass is 10.0. The van der Waals surface area contributed by atoms with Crippen LogP contribution >= 0.6 is 0 Å². The minimum atomic E-state index is -0.899. The molecule has 1 aliphatic heterocycles. The van der Waals surface area contributed by atoms with E-state index < -0.39 is 12.0 Å². The Kier molecular flexibility index (Phi) is 4.14. The Bertz CT molecular complexity index is 556. The number of hydrogen-bond donors (Lipinski definition) is 2. The van der Waals surface area contributed by atoms with Crippen molar-refractivity contribution in [2.45, 2.75) is 25.4 Å². The Morgan fingerprint density at radius 3 is 2.55 bits per heavy atom. The fraction of sp³-hybridized carbons (Fsp3) is 0.357. The zero-order chi connectivity index (χ0) is 14.7. The number of likely N-dealkylation sites (tertiary alicyclic amines) is 1. The Labute approximate surface area is 116 Å². The maximum atomic E-state index is 11.7. The summed E-state index contributed by atoms with van der Waals surface area (Å²) in [6, 6.07) is 6.63. The first-order valence-electron chi connectivity index (χ1n) is 6.31. The highest BCUT2D eigenvalue weighted by Gasteiger charge is 2.35. The third kappa shape index (κ3) is 3.03. The molecule has 1 aliphatic rings. The Morgan fingerprint density at radius 2 is 2.00 bits per heavy atom. The van der Waals surface area contributed by atoms with Gasteiger partial charge in [0.1, 0.15) is 0 Å². The molecule has 1 heterocycles. The van der Waals surface area contributed by atoms with Crippen molar-refractivity contribution in [2.75, 3.05) is 7.05 Å². The van der Waals surface area contributed by atoms with Crippen LogP contribution in [0.5, 0.6) is 0 Å². The molecular weight excluding hydrogens is 260 g/mol. The second-order valence-electron chi connectivity index (χ2n) is 4.77. The van der Waals surface area contributed by atoms with Gasteiger partial charge in [-0.05, 0) is 11.1 Å². The van der Waals surface area contributed by atoms with E-state index in [2.05, 4.69) is 5.32 Å². The van der Waals surface area contributed by atoms with E-state index in [0.29, 0.717) is 12.1 Å². The number of carboxylic acid groups (broad SMARTS) is 1. The summed E-state index contributed by atoms with van der Waals surface area (Å²) in [6.45, 7) is 0.362. The van der Waals surface area contributed by atoms with Crippen LogP contribution in [-0.2, 0) is 27.3 Å². The minimum Gasteiger partial charge on any atom is -0.481 e. The summed E-state index contributed by atoms with van der Waals surface area (Å²) in [5.74, 6) is -1.35. The normalized spacial score (nSPS) is 18.6. The lowest BCUT2D eigenvalue weighted by Gasteiger charge is -2.13. The van der Waals surface area contributed by atoms with Crippen LogP contribution in [0.3, 0.4) is 0 Å². The van der Waals surface area contributed by atoms with Crippen LogP contribution in [0.15, 0.2) is 24.3 Å². The van der Waals surface area contributed by atoms with Crippen LogP contribution in [-0.4, -0.2) is 40.9 Å². The summed E-state index contributed by atoms with van der Waals surface area (Å²) in [7, 11) is 1.46. The number of carbonyl (C=O) groups is 3. The zero-order valence-electron chi connectivity index (χ0n) is 11.1. The molecule has 1 atom stereocenters. The van der Waals surface area contributed by atoms with Crippen molar-refractivity contribution < 1.29 is 19.5 Å². The largest absolute Gasteiger partial charge is 0.481 e. The van der Waals surface area contributed by atoms with Crippen LogP contribution in [0, 0.1) is 0 Å². The molecule has 0 bridgehead atoms. The van der Waals surface area contributed by atoms with E-state index in [1.807, 2.05) is 12.1 Å². The minimum absolute atomic E-state index is 0.0602. The van der Waals surface area contributed by atoms with E-state index in [9.17, 15) is 14.4 Å². The standard InChI is InChI=1S/C14H16N2O4/c1-16-12(17)7-11(14(16)20)15-8-10-5-3-2-4-9(10)6-13(18)19/h2-5,11,15H,6-8H2,1H3,(H,18,19). The molecular formula is C14H16N2O4. The third-order valence-corrected chi connectivity index (χ3v) is 3.38. The summed E-state index contributed by atoms with van der Waals surface area (Å²) in [5.41, 5.74) is 1.53. The molecule has 6 nitrogen and oxygen atoms in total. The van der Waals surface area contributed by atoms with Gasteiger partial charge in [-0.1, -0.05) is 24.3 Å². The van der Waals surface area contributed by atoms with E-state index in [1.165, 1.54) is 7.05 Å². The summed E-state index contributed by atoms with van der Waals surface area (Å²) in [6.07, 6.45) is 0.0890. The number of aliphatic carboxylic acids is 1. The zero-order valence-corrected chi connectivity index (χ0v) is 11.1. The predicted molar refractivity (Wildman–Crippen MR) is 70.8 cm³/mol. The number of likely N-dealkylation sites (N-methyl/N-ethyl adjacent to an activating group) is 1. The van der Waals surface area contributed by atoms with Crippen molar-refractivity contribution in [1.82, 2.24) is 10.2 Å². The molecule has 106 valence electrons. The highest BCUT2D eigenvalue weighted by Crippen LogP contribution is 2.14. The summed E-state index contributed by atoms with van der Waals surface area (Å²) >= 11 is 0. The molecule has 1 saturated heterocycles. The van der Waals surface area contributed by atoms with Crippen molar-refractivity contribution in [1.29, 1.82) is 0 Å². The van der Waals surface area contributed by atoms with Gasteiger partial charge in [0.15, 0.2) is 0 Å². The van der Waals surface area contributed by atoms with Crippen molar-refractivity contribution >= 4 is 17.8 Å². The number of nitrogens with zero attached hydrogens (tertiary/aromatic N) is 1. The Hall–Kier alpha value is -2.21. The van der Waals surface area contributed by atoms with Crippen molar-refractivity contribution in [3.63, 3.8) is 0 Å². The number of carboxylic acids is 1. The quantitative estimate of drug-likeness (QED) is 0.748. The number of rotatable bonds is 5. The van der Waals surface area contributed by atoms with Gasteiger partial charge in [0.05, 0.1) is 18.9 Å². The lowest BCUT2D eigenvalue weighted by Crippen LogP contribution is -2.36. The van der Waals surface area contributed by atoms with Crippen LogP contribution < -0.4 is 5.32 Å². The smallest absolute Gasteiger partial charge is 0.307 e. The van der Waals surface area contributed by atoms with E-state index in [-0.39, 0.29) is 24.7 Å². The fourth-order valence-corrected chi connectivity index (χ4v) is 2.21. The molecule has 0 spiro atoms. The lowest BCUT2D eigenvalue weighted by molar-refractivity contribution is -0.138. The first-order chi connectivity index (χ1) is 9.49.